The van der Waals surface area contributed by atoms with Gasteiger partial charge < -0.3 is 14.2 Å². The molecular weight excluding hydrogens is 1020 g/mol. The lowest BCUT2D eigenvalue weighted by Crippen LogP contribution is -2.30. The molecule has 0 aliphatic heterocycles. The molecule has 0 rings (SSSR count). The van der Waals surface area contributed by atoms with Crippen LogP contribution in [0.1, 0.15) is 419 Å². The van der Waals surface area contributed by atoms with Gasteiger partial charge in [0.1, 0.15) is 13.2 Å². The van der Waals surface area contributed by atoms with E-state index in [0.717, 1.165) is 83.5 Å². The molecule has 0 aliphatic rings. The quantitative estimate of drug-likeness (QED) is 0.0261. The van der Waals surface area contributed by atoms with Gasteiger partial charge in [0.2, 0.25) is 0 Å². The number of hydrogen-bond donors (Lipinski definition) is 0. The minimum atomic E-state index is -0.778. The summed E-state index contributed by atoms with van der Waals surface area (Å²) in [6.45, 7) is 6.63. The molecule has 0 aliphatic carbocycles. The Morgan fingerprint density at radius 2 is 0.458 bits per heavy atom. The third-order valence-corrected chi connectivity index (χ3v) is 17.1. The Hall–Kier alpha value is -2.37. The van der Waals surface area contributed by atoms with Crippen molar-refractivity contribution in [2.24, 2.45) is 0 Å². The first-order chi connectivity index (χ1) is 41.0. The Bertz CT molecular complexity index is 1380. The fraction of sp³-hybridized carbons (Fsp3) is 0.883. The summed E-state index contributed by atoms with van der Waals surface area (Å²) in [4.78, 5) is 38.4. The van der Waals surface area contributed by atoms with Crippen molar-refractivity contribution in [2.45, 2.75) is 425 Å². The molecule has 0 saturated heterocycles. The van der Waals surface area contributed by atoms with Crippen molar-refractivity contribution < 1.29 is 28.6 Å². The third-order valence-electron chi connectivity index (χ3n) is 17.1. The highest BCUT2D eigenvalue weighted by Crippen LogP contribution is 2.19. The zero-order valence-electron chi connectivity index (χ0n) is 56.2. The standard InChI is InChI=1S/C77H144O6/c1-4-7-10-13-16-19-22-25-27-29-31-32-33-34-35-36-37-38-39-40-41-42-43-44-46-47-49-52-55-58-61-64-67-70-76(79)82-73-74(72-81-75(78)69-66-63-60-57-54-51-24-21-18-15-12-9-6-3)83-77(80)71-68-65-62-59-56-53-50-48-45-30-28-26-23-20-17-14-11-8-5-2/h12,15,21,24,26,28,74H,4-11,13-14,16-20,22-23,25,27,29-73H2,1-3H3/b15-12-,24-21-,28-26-. The Balaban J connectivity index is 4.11. The molecular formula is C77H144O6. The van der Waals surface area contributed by atoms with Crippen LogP contribution in [0.2, 0.25) is 0 Å². The normalized spacial score (nSPS) is 12.2. The van der Waals surface area contributed by atoms with Crippen molar-refractivity contribution in [3.05, 3.63) is 36.5 Å². The van der Waals surface area contributed by atoms with Crippen LogP contribution in [-0.2, 0) is 28.6 Å². The van der Waals surface area contributed by atoms with E-state index in [9.17, 15) is 14.4 Å². The maximum atomic E-state index is 12.9. The Kier molecular flexibility index (Phi) is 70.0. The number of hydrogen-bond acceptors (Lipinski definition) is 6. The van der Waals surface area contributed by atoms with E-state index in [1.807, 2.05) is 0 Å². The molecule has 0 bridgehead atoms. The number of unbranched alkanes of at least 4 members (excludes halogenated alkanes) is 53. The van der Waals surface area contributed by atoms with Gasteiger partial charge in [-0.3, -0.25) is 14.4 Å². The van der Waals surface area contributed by atoms with Gasteiger partial charge >= 0.3 is 17.9 Å². The van der Waals surface area contributed by atoms with E-state index in [4.69, 9.17) is 14.2 Å². The van der Waals surface area contributed by atoms with Crippen LogP contribution in [0.5, 0.6) is 0 Å². The maximum absolute atomic E-state index is 12.9. The number of allylic oxidation sites excluding steroid dienone is 6. The highest BCUT2D eigenvalue weighted by molar-refractivity contribution is 5.71. The lowest BCUT2D eigenvalue weighted by Gasteiger charge is -2.18. The van der Waals surface area contributed by atoms with Gasteiger partial charge in [0.05, 0.1) is 0 Å². The maximum Gasteiger partial charge on any atom is 0.306 e. The molecule has 0 heterocycles. The van der Waals surface area contributed by atoms with E-state index < -0.39 is 6.10 Å². The molecule has 1 atom stereocenters. The smallest absolute Gasteiger partial charge is 0.306 e. The number of carbonyl (C=O) groups is 3. The second kappa shape index (κ2) is 72.1. The number of rotatable bonds is 70. The lowest BCUT2D eigenvalue weighted by atomic mass is 10.0. The molecule has 0 saturated carbocycles. The van der Waals surface area contributed by atoms with Crippen LogP contribution in [0.4, 0.5) is 0 Å². The molecule has 6 heteroatoms. The van der Waals surface area contributed by atoms with Crippen molar-refractivity contribution in [2.75, 3.05) is 13.2 Å². The Morgan fingerprint density at radius 3 is 0.723 bits per heavy atom. The Morgan fingerprint density at radius 1 is 0.241 bits per heavy atom. The summed E-state index contributed by atoms with van der Waals surface area (Å²) in [6, 6.07) is 0. The van der Waals surface area contributed by atoms with Crippen molar-refractivity contribution >= 4 is 17.9 Å². The van der Waals surface area contributed by atoms with Gasteiger partial charge in [-0.15, -0.1) is 0 Å². The van der Waals surface area contributed by atoms with E-state index in [1.54, 1.807) is 0 Å². The van der Waals surface area contributed by atoms with Gasteiger partial charge in [-0.05, 0) is 70.6 Å². The molecule has 0 radical (unpaired) electrons. The number of esters is 3. The van der Waals surface area contributed by atoms with Gasteiger partial charge in [0, 0.05) is 19.3 Å². The summed E-state index contributed by atoms with van der Waals surface area (Å²) >= 11 is 0. The van der Waals surface area contributed by atoms with Crippen molar-refractivity contribution in [1.29, 1.82) is 0 Å². The second-order valence-corrected chi connectivity index (χ2v) is 25.6. The summed E-state index contributed by atoms with van der Waals surface area (Å²) in [5.41, 5.74) is 0. The van der Waals surface area contributed by atoms with Crippen LogP contribution in [0.15, 0.2) is 36.5 Å². The van der Waals surface area contributed by atoms with Crippen molar-refractivity contribution in [3.63, 3.8) is 0 Å². The molecule has 6 nitrogen and oxygen atoms in total. The molecule has 0 spiro atoms. The largest absolute Gasteiger partial charge is 0.462 e. The number of ether oxygens (including phenoxy) is 3. The van der Waals surface area contributed by atoms with Gasteiger partial charge in [-0.1, -0.05) is 365 Å². The zero-order valence-corrected chi connectivity index (χ0v) is 56.2. The van der Waals surface area contributed by atoms with Gasteiger partial charge in [-0.2, -0.15) is 0 Å². The predicted molar refractivity (Wildman–Crippen MR) is 362 cm³/mol. The van der Waals surface area contributed by atoms with Crippen LogP contribution < -0.4 is 0 Å². The Labute approximate surface area is 518 Å². The highest BCUT2D eigenvalue weighted by Gasteiger charge is 2.20. The summed E-state index contributed by atoms with van der Waals surface area (Å²) in [5, 5.41) is 0. The fourth-order valence-electron chi connectivity index (χ4n) is 11.5. The first-order valence-electron chi connectivity index (χ1n) is 37.5. The van der Waals surface area contributed by atoms with E-state index in [1.165, 1.54) is 295 Å². The highest BCUT2D eigenvalue weighted by atomic mass is 16.6. The molecule has 0 aromatic rings. The lowest BCUT2D eigenvalue weighted by molar-refractivity contribution is -0.167. The molecule has 488 valence electrons. The van der Waals surface area contributed by atoms with Gasteiger partial charge in [0.25, 0.3) is 0 Å². The summed E-state index contributed by atoms with van der Waals surface area (Å²) < 4.78 is 17.0. The fourth-order valence-corrected chi connectivity index (χ4v) is 11.5. The summed E-state index contributed by atoms with van der Waals surface area (Å²) in [7, 11) is 0. The minimum absolute atomic E-state index is 0.0730. The van der Waals surface area contributed by atoms with Crippen LogP contribution in [0.25, 0.3) is 0 Å². The molecule has 1 unspecified atom stereocenters. The monoisotopic (exact) mass is 1170 g/mol. The van der Waals surface area contributed by atoms with E-state index in [2.05, 4.69) is 57.2 Å². The summed E-state index contributed by atoms with van der Waals surface area (Å²) in [5.74, 6) is -0.862. The van der Waals surface area contributed by atoms with Crippen LogP contribution in [0, 0.1) is 0 Å². The summed E-state index contributed by atoms with van der Waals surface area (Å²) in [6.07, 6.45) is 90.7. The third kappa shape index (κ3) is 70.3. The first-order valence-corrected chi connectivity index (χ1v) is 37.5. The molecule has 0 N–H and O–H groups in total. The molecule has 0 fully saturated rings. The van der Waals surface area contributed by atoms with E-state index in [0.29, 0.717) is 19.3 Å². The number of carbonyl (C=O) groups excluding carboxylic acids is 3. The van der Waals surface area contributed by atoms with Crippen LogP contribution in [0.3, 0.4) is 0 Å². The van der Waals surface area contributed by atoms with Crippen LogP contribution >= 0.6 is 0 Å². The van der Waals surface area contributed by atoms with Crippen molar-refractivity contribution in [3.8, 4) is 0 Å². The van der Waals surface area contributed by atoms with Gasteiger partial charge in [-0.25, -0.2) is 0 Å². The second-order valence-electron chi connectivity index (χ2n) is 25.6. The van der Waals surface area contributed by atoms with E-state index in [-0.39, 0.29) is 31.1 Å². The molecule has 0 amide bonds. The predicted octanol–water partition coefficient (Wildman–Crippen LogP) is 25.9. The molecule has 83 heavy (non-hydrogen) atoms. The van der Waals surface area contributed by atoms with Gasteiger partial charge in [0.15, 0.2) is 6.10 Å². The molecule has 0 aromatic heterocycles. The minimum Gasteiger partial charge on any atom is -0.462 e. The van der Waals surface area contributed by atoms with E-state index >= 15 is 0 Å². The zero-order chi connectivity index (χ0) is 59.9. The average molecular weight is 1170 g/mol. The van der Waals surface area contributed by atoms with Crippen molar-refractivity contribution in [1.82, 2.24) is 0 Å². The SMILES string of the molecule is CCC/C=C\C/C=C\CCCCCCCC(=O)OCC(COC(=O)CCCCCCCCCCCCCCCCCCCCCCCCCCCCCCCCCCC)OC(=O)CCCCCCCCCCC/C=C\CCCCCCCC. The van der Waals surface area contributed by atoms with Crippen LogP contribution in [-0.4, -0.2) is 37.2 Å². The topological polar surface area (TPSA) is 78.9 Å². The molecule has 0 aromatic carbocycles. The average Bonchev–Trinajstić information content (AvgIpc) is 3.49. The first kappa shape index (κ1) is 80.6.